The van der Waals surface area contributed by atoms with Gasteiger partial charge in [0.15, 0.2) is 0 Å². The van der Waals surface area contributed by atoms with Crippen molar-refractivity contribution in [2.75, 3.05) is 6.61 Å². The number of hydrogen-bond donors (Lipinski definition) is 2. The van der Waals surface area contributed by atoms with Gasteiger partial charge in [-0.3, -0.25) is 4.79 Å². The van der Waals surface area contributed by atoms with Gasteiger partial charge in [-0.15, -0.1) is 0 Å². The fraction of sp³-hybridized carbons (Fsp3) is 0.588. The minimum Gasteiger partial charge on any atom is -0.544 e. The zero-order chi connectivity index (χ0) is 17.0. The van der Waals surface area contributed by atoms with E-state index >= 15 is 0 Å². The normalized spacial score (nSPS) is 13.6. The van der Waals surface area contributed by atoms with E-state index in [9.17, 15) is 9.90 Å². The lowest BCUT2D eigenvalue weighted by Gasteiger charge is -2.36. The van der Waals surface area contributed by atoms with Gasteiger partial charge in [-0.05, 0) is 42.2 Å². The minimum atomic E-state index is -1.82. The number of nitrogens with one attached hydrogen (secondary N) is 1. The summed E-state index contributed by atoms with van der Waals surface area (Å²) in [7, 11) is -1.82. The van der Waals surface area contributed by atoms with Crippen LogP contribution < -0.4 is 9.74 Å². The summed E-state index contributed by atoms with van der Waals surface area (Å²) in [6.07, 6.45) is 0.608. The van der Waals surface area contributed by atoms with Gasteiger partial charge < -0.3 is 14.8 Å². The molecule has 0 aliphatic rings. The molecule has 2 N–H and O–H groups in total. The maximum atomic E-state index is 11.1. The molecule has 0 saturated heterocycles. The Morgan fingerprint density at radius 3 is 2.23 bits per heavy atom. The topological polar surface area (TPSA) is 58.6 Å². The molecule has 5 heteroatoms. The van der Waals surface area contributed by atoms with Gasteiger partial charge in [-0.25, -0.2) is 0 Å². The van der Waals surface area contributed by atoms with Gasteiger partial charge in [0.2, 0.25) is 14.2 Å². The van der Waals surface area contributed by atoms with Crippen molar-refractivity contribution in [2.45, 2.75) is 58.3 Å². The predicted molar refractivity (Wildman–Crippen MR) is 92.7 cm³/mol. The number of carbonyl (C=O) groups excluding carboxylic acids is 1. The molecule has 0 fully saturated rings. The van der Waals surface area contributed by atoms with E-state index in [1.54, 1.807) is 0 Å². The monoisotopic (exact) mass is 323 g/mol. The molecule has 1 aromatic rings. The Bertz CT molecular complexity index is 492. The molecule has 0 bridgehead atoms. The highest BCUT2D eigenvalue weighted by Crippen LogP contribution is 2.37. The van der Waals surface area contributed by atoms with Crippen LogP contribution in [0, 0.1) is 0 Å². The Labute approximate surface area is 135 Å². The van der Waals surface area contributed by atoms with E-state index < -0.39 is 8.32 Å². The molecule has 22 heavy (non-hydrogen) atoms. The number of aliphatic hydroxyl groups excluding tert-OH is 1. The van der Waals surface area contributed by atoms with Crippen LogP contribution in [0.15, 0.2) is 24.3 Å². The van der Waals surface area contributed by atoms with Crippen LogP contribution in [-0.4, -0.2) is 32.0 Å². The van der Waals surface area contributed by atoms with E-state index in [1.807, 2.05) is 24.3 Å². The quantitative estimate of drug-likeness (QED) is 0.791. The lowest BCUT2D eigenvalue weighted by atomic mass is 10.1. The first-order valence-electron chi connectivity index (χ1n) is 7.71. The Morgan fingerprint density at radius 2 is 1.82 bits per heavy atom. The summed E-state index contributed by atoms with van der Waals surface area (Å²) in [6.45, 7) is 12.5. The summed E-state index contributed by atoms with van der Waals surface area (Å²) in [6, 6.07) is 7.68. The number of benzene rings is 1. The van der Waals surface area contributed by atoms with Crippen LogP contribution >= 0.6 is 0 Å². The van der Waals surface area contributed by atoms with E-state index in [1.165, 1.54) is 6.92 Å². The van der Waals surface area contributed by atoms with Gasteiger partial charge in [0, 0.05) is 6.92 Å². The molecule has 0 aliphatic heterocycles. The molecule has 4 nitrogen and oxygen atoms in total. The van der Waals surface area contributed by atoms with Gasteiger partial charge in [-0.1, -0.05) is 32.9 Å². The second-order valence-electron chi connectivity index (χ2n) is 7.29. The van der Waals surface area contributed by atoms with Crippen LogP contribution in [-0.2, 0) is 11.2 Å². The molecule has 0 heterocycles. The Hall–Kier alpha value is -1.33. The highest BCUT2D eigenvalue weighted by molar-refractivity contribution is 6.74. The van der Waals surface area contributed by atoms with Gasteiger partial charge in [0.1, 0.15) is 5.75 Å². The summed E-state index contributed by atoms with van der Waals surface area (Å²) in [5.74, 6) is 0.757. The summed E-state index contributed by atoms with van der Waals surface area (Å²) < 4.78 is 6.24. The molecular weight excluding hydrogens is 294 g/mol. The van der Waals surface area contributed by atoms with E-state index in [2.05, 4.69) is 39.2 Å². The molecule has 0 unspecified atom stereocenters. The predicted octanol–water partition coefficient (Wildman–Crippen LogP) is 3.11. The van der Waals surface area contributed by atoms with E-state index in [-0.39, 0.29) is 23.6 Å². The molecule has 0 saturated carbocycles. The maximum absolute atomic E-state index is 11.1. The third kappa shape index (κ3) is 5.46. The molecule has 1 rings (SSSR count). The lowest BCUT2D eigenvalue weighted by molar-refractivity contribution is -0.119. The molecular formula is C17H29NO3Si. The zero-order valence-electron chi connectivity index (χ0n) is 14.6. The average molecular weight is 324 g/mol. The SMILES string of the molecule is CC(=O)N[C@@H](CO)Cc1ccc(O[Si](C)(C)C(C)(C)C)cc1. The summed E-state index contributed by atoms with van der Waals surface area (Å²) >= 11 is 0. The minimum absolute atomic E-state index is 0.0677. The zero-order valence-corrected chi connectivity index (χ0v) is 15.6. The molecule has 0 radical (unpaired) electrons. The third-order valence-electron chi connectivity index (χ3n) is 4.21. The Kier molecular flexibility index (Phi) is 6.20. The van der Waals surface area contributed by atoms with Crippen LogP contribution in [0.5, 0.6) is 5.75 Å². The maximum Gasteiger partial charge on any atom is 0.250 e. The smallest absolute Gasteiger partial charge is 0.250 e. The van der Waals surface area contributed by atoms with Gasteiger partial charge in [0.25, 0.3) is 0 Å². The lowest BCUT2D eigenvalue weighted by Crippen LogP contribution is -2.43. The van der Waals surface area contributed by atoms with Crippen molar-refractivity contribution in [3.8, 4) is 5.75 Å². The van der Waals surface area contributed by atoms with Crippen molar-refractivity contribution in [2.24, 2.45) is 0 Å². The summed E-state index contributed by atoms with van der Waals surface area (Å²) in [5, 5.41) is 12.2. The largest absolute Gasteiger partial charge is 0.544 e. The standard InChI is InChI=1S/C17H29NO3Si/c1-13(20)18-15(12-19)11-14-7-9-16(10-8-14)21-22(5,6)17(2,3)4/h7-10,15,19H,11-12H2,1-6H3,(H,18,20)/t15-/m1/s1. The number of hydrogen-bond acceptors (Lipinski definition) is 3. The second kappa shape index (κ2) is 7.29. The molecule has 1 amide bonds. The molecule has 1 aromatic carbocycles. The van der Waals surface area contributed by atoms with Crippen LogP contribution in [0.3, 0.4) is 0 Å². The third-order valence-corrected chi connectivity index (χ3v) is 8.57. The van der Waals surface area contributed by atoms with Crippen molar-refractivity contribution in [3.05, 3.63) is 29.8 Å². The molecule has 0 spiro atoms. The fourth-order valence-electron chi connectivity index (χ4n) is 1.87. The van der Waals surface area contributed by atoms with Crippen molar-refractivity contribution in [1.82, 2.24) is 5.32 Å². The van der Waals surface area contributed by atoms with E-state index in [0.717, 1.165) is 11.3 Å². The second-order valence-corrected chi connectivity index (χ2v) is 12.0. The Balaban J connectivity index is 2.73. The molecule has 0 aromatic heterocycles. The van der Waals surface area contributed by atoms with Crippen LogP contribution in [0.4, 0.5) is 0 Å². The highest BCUT2D eigenvalue weighted by atomic mass is 28.4. The molecule has 1 atom stereocenters. The fourth-order valence-corrected chi connectivity index (χ4v) is 2.91. The van der Waals surface area contributed by atoms with Crippen molar-refractivity contribution >= 4 is 14.2 Å². The van der Waals surface area contributed by atoms with Crippen LogP contribution in [0.25, 0.3) is 0 Å². The van der Waals surface area contributed by atoms with Gasteiger partial charge >= 0.3 is 0 Å². The van der Waals surface area contributed by atoms with Crippen LogP contribution in [0.1, 0.15) is 33.3 Å². The summed E-state index contributed by atoms with van der Waals surface area (Å²) in [5.41, 5.74) is 1.07. The molecule has 0 aliphatic carbocycles. The summed E-state index contributed by atoms with van der Waals surface area (Å²) in [4.78, 5) is 11.1. The molecule has 124 valence electrons. The Morgan fingerprint density at radius 1 is 1.27 bits per heavy atom. The van der Waals surface area contributed by atoms with Gasteiger partial charge in [-0.2, -0.15) is 0 Å². The number of amides is 1. The number of carbonyl (C=O) groups is 1. The van der Waals surface area contributed by atoms with Crippen molar-refractivity contribution in [3.63, 3.8) is 0 Å². The number of aliphatic hydroxyl groups is 1. The number of rotatable bonds is 6. The van der Waals surface area contributed by atoms with Gasteiger partial charge in [0.05, 0.1) is 12.6 Å². The van der Waals surface area contributed by atoms with E-state index in [0.29, 0.717) is 6.42 Å². The first kappa shape index (κ1) is 18.7. The first-order valence-corrected chi connectivity index (χ1v) is 10.6. The van der Waals surface area contributed by atoms with E-state index in [4.69, 9.17) is 4.43 Å². The highest BCUT2D eigenvalue weighted by Gasteiger charge is 2.38. The van der Waals surface area contributed by atoms with Crippen LogP contribution in [0.2, 0.25) is 18.1 Å². The van der Waals surface area contributed by atoms with Crippen molar-refractivity contribution in [1.29, 1.82) is 0 Å². The van der Waals surface area contributed by atoms with Crippen molar-refractivity contribution < 1.29 is 14.3 Å². The first-order chi connectivity index (χ1) is 10.0. The average Bonchev–Trinajstić information content (AvgIpc) is 2.38.